The van der Waals surface area contributed by atoms with E-state index in [4.69, 9.17) is 14.6 Å². The van der Waals surface area contributed by atoms with Gasteiger partial charge in [-0.1, -0.05) is 0 Å². The van der Waals surface area contributed by atoms with Crippen LogP contribution in [0.4, 0.5) is 0 Å². The molecule has 1 saturated carbocycles. The van der Waals surface area contributed by atoms with Crippen LogP contribution < -0.4 is 0 Å². The van der Waals surface area contributed by atoms with Crippen LogP contribution in [0.1, 0.15) is 26.7 Å². The SMILES string of the molecule is CC1(C)OC[C@]2(C[C@@H](C(=O)O)C2)O1. The molecule has 1 saturated heterocycles. The number of ether oxygens (including phenoxy) is 2. The van der Waals surface area contributed by atoms with Crippen molar-refractivity contribution in [3.63, 3.8) is 0 Å². The molecule has 0 radical (unpaired) electrons. The normalized spacial score (nSPS) is 41.8. The second-order valence-corrected chi connectivity index (χ2v) is 4.42. The third-order valence-electron chi connectivity index (χ3n) is 2.73. The van der Waals surface area contributed by atoms with E-state index in [0.29, 0.717) is 19.4 Å². The molecule has 0 amide bonds. The fourth-order valence-corrected chi connectivity index (χ4v) is 2.10. The molecule has 1 aliphatic heterocycles. The Morgan fingerprint density at radius 1 is 1.46 bits per heavy atom. The van der Waals surface area contributed by atoms with Gasteiger partial charge < -0.3 is 14.6 Å². The second-order valence-electron chi connectivity index (χ2n) is 4.42. The number of hydrogen-bond acceptors (Lipinski definition) is 3. The van der Waals surface area contributed by atoms with Gasteiger partial charge in [0.2, 0.25) is 0 Å². The van der Waals surface area contributed by atoms with Gasteiger partial charge in [-0.15, -0.1) is 0 Å². The molecule has 4 nitrogen and oxygen atoms in total. The highest BCUT2D eigenvalue weighted by Gasteiger charge is 2.55. The molecule has 0 atom stereocenters. The predicted octanol–water partition coefficient (Wildman–Crippen LogP) is 1.00. The zero-order valence-corrected chi connectivity index (χ0v) is 7.87. The van der Waals surface area contributed by atoms with E-state index in [2.05, 4.69) is 0 Å². The molecule has 0 aromatic carbocycles. The standard InChI is InChI=1S/C9H14O4/c1-8(2)12-5-9(13-8)3-6(4-9)7(10)11/h6H,3-5H2,1-2H3,(H,10,11)/t6-,9-. The molecule has 1 N–H and O–H groups in total. The van der Waals surface area contributed by atoms with E-state index in [1.54, 1.807) is 0 Å². The molecule has 2 fully saturated rings. The molecule has 2 aliphatic rings. The van der Waals surface area contributed by atoms with Gasteiger partial charge in [-0.05, 0) is 26.7 Å². The molecule has 1 aliphatic carbocycles. The summed E-state index contributed by atoms with van der Waals surface area (Å²) in [6, 6.07) is 0. The molecule has 0 aromatic heterocycles. The Balaban J connectivity index is 1.95. The van der Waals surface area contributed by atoms with Crippen LogP contribution in [0.5, 0.6) is 0 Å². The maximum Gasteiger partial charge on any atom is 0.306 e. The van der Waals surface area contributed by atoms with E-state index in [1.165, 1.54) is 0 Å². The summed E-state index contributed by atoms with van der Waals surface area (Å²) < 4.78 is 11.1. The Morgan fingerprint density at radius 2 is 2.08 bits per heavy atom. The monoisotopic (exact) mass is 186 g/mol. The number of aliphatic carboxylic acids is 1. The van der Waals surface area contributed by atoms with Crippen molar-refractivity contribution in [2.75, 3.05) is 6.61 Å². The van der Waals surface area contributed by atoms with E-state index in [1.807, 2.05) is 13.8 Å². The average molecular weight is 186 g/mol. The lowest BCUT2D eigenvalue weighted by Crippen LogP contribution is -2.49. The van der Waals surface area contributed by atoms with Crippen LogP contribution >= 0.6 is 0 Å². The van der Waals surface area contributed by atoms with Crippen molar-refractivity contribution in [1.82, 2.24) is 0 Å². The van der Waals surface area contributed by atoms with Gasteiger partial charge in [0.15, 0.2) is 5.79 Å². The van der Waals surface area contributed by atoms with E-state index >= 15 is 0 Å². The van der Waals surface area contributed by atoms with Crippen LogP contribution in [-0.4, -0.2) is 29.1 Å². The first-order valence-electron chi connectivity index (χ1n) is 4.49. The van der Waals surface area contributed by atoms with Crippen molar-refractivity contribution in [3.8, 4) is 0 Å². The van der Waals surface area contributed by atoms with Gasteiger partial charge >= 0.3 is 5.97 Å². The van der Waals surface area contributed by atoms with Gasteiger partial charge in [-0.3, -0.25) is 4.79 Å². The summed E-state index contributed by atoms with van der Waals surface area (Å²) in [5.41, 5.74) is -0.299. The third kappa shape index (κ3) is 1.44. The highest BCUT2D eigenvalue weighted by molar-refractivity contribution is 5.71. The Hall–Kier alpha value is -0.610. The number of carboxylic acid groups (broad SMARTS) is 1. The average Bonchev–Trinajstić information content (AvgIpc) is 2.22. The highest BCUT2D eigenvalue weighted by Crippen LogP contribution is 2.47. The molecule has 1 heterocycles. The summed E-state index contributed by atoms with van der Waals surface area (Å²) in [5, 5.41) is 8.71. The summed E-state index contributed by atoms with van der Waals surface area (Å²) in [7, 11) is 0. The van der Waals surface area contributed by atoms with Crippen LogP contribution in [0.15, 0.2) is 0 Å². The summed E-state index contributed by atoms with van der Waals surface area (Å²) in [4.78, 5) is 10.6. The van der Waals surface area contributed by atoms with Crippen LogP contribution in [0.2, 0.25) is 0 Å². The van der Waals surface area contributed by atoms with Crippen molar-refractivity contribution >= 4 is 5.97 Å². The smallest absolute Gasteiger partial charge is 0.306 e. The Morgan fingerprint density at radius 3 is 2.46 bits per heavy atom. The summed E-state index contributed by atoms with van der Waals surface area (Å²) in [6.45, 7) is 4.25. The van der Waals surface area contributed by atoms with E-state index in [-0.39, 0.29) is 11.5 Å². The summed E-state index contributed by atoms with van der Waals surface area (Å²) in [6.07, 6.45) is 1.18. The first-order chi connectivity index (χ1) is 5.93. The predicted molar refractivity (Wildman–Crippen MR) is 44.2 cm³/mol. The minimum absolute atomic E-state index is 0.238. The molecule has 4 heteroatoms. The Bertz CT molecular complexity index is 240. The fourth-order valence-electron chi connectivity index (χ4n) is 2.10. The summed E-state index contributed by atoms with van der Waals surface area (Å²) >= 11 is 0. The van der Waals surface area contributed by atoms with Crippen molar-refractivity contribution in [2.45, 2.75) is 38.1 Å². The molecular weight excluding hydrogens is 172 g/mol. The van der Waals surface area contributed by atoms with Crippen molar-refractivity contribution in [2.24, 2.45) is 5.92 Å². The van der Waals surface area contributed by atoms with E-state index < -0.39 is 11.8 Å². The molecule has 0 unspecified atom stereocenters. The van der Waals surface area contributed by atoms with Crippen molar-refractivity contribution in [1.29, 1.82) is 0 Å². The fraction of sp³-hybridized carbons (Fsp3) is 0.889. The molecule has 13 heavy (non-hydrogen) atoms. The molecule has 0 bridgehead atoms. The van der Waals surface area contributed by atoms with Crippen LogP contribution in [0, 0.1) is 5.92 Å². The molecule has 1 spiro atoms. The first-order valence-corrected chi connectivity index (χ1v) is 4.49. The third-order valence-corrected chi connectivity index (χ3v) is 2.73. The minimum atomic E-state index is -0.723. The summed E-state index contributed by atoms with van der Waals surface area (Å²) in [5.74, 6) is -1.50. The molecule has 74 valence electrons. The quantitative estimate of drug-likeness (QED) is 0.663. The van der Waals surface area contributed by atoms with Gasteiger partial charge in [0, 0.05) is 0 Å². The molecule has 0 aromatic rings. The van der Waals surface area contributed by atoms with Gasteiger partial charge in [-0.25, -0.2) is 0 Å². The van der Waals surface area contributed by atoms with E-state index in [9.17, 15) is 4.79 Å². The Labute approximate surface area is 76.8 Å². The largest absolute Gasteiger partial charge is 0.481 e. The maximum absolute atomic E-state index is 10.6. The number of carboxylic acids is 1. The minimum Gasteiger partial charge on any atom is -0.481 e. The number of carbonyl (C=O) groups is 1. The van der Waals surface area contributed by atoms with Crippen molar-refractivity contribution in [3.05, 3.63) is 0 Å². The van der Waals surface area contributed by atoms with Gasteiger partial charge in [0.1, 0.15) is 0 Å². The van der Waals surface area contributed by atoms with Crippen molar-refractivity contribution < 1.29 is 19.4 Å². The lowest BCUT2D eigenvalue weighted by molar-refractivity contribution is -0.195. The first kappa shape index (κ1) is 8.97. The number of hydrogen-bond donors (Lipinski definition) is 1. The Kier molecular flexibility index (Phi) is 1.69. The van der Waals surface area contributed by atoms with Crippen LogP contribution in [-0.2, 0) is 14.3 Å². The lowest BCUT2D eigenvalue weighted by Gasteiger charge is -2.41. The van der Waals surface area contributed by atoms with Crippen LogP contribution in [0.25, 0.3) is 0 Å². The molecular formula is C9H14O4. The maximum atomic E-state index is 10.6. The van der Waals surface area contributed by atoms with Gasteiger partial charge in [0.25, 0.3) is 0 Å². The van der Waals surface area contributed by atoms with Gasteiger partial charge in [-0.2, -0.15) is 0 Å². The lowest BCUT2D eigenvalue weighted by atomic mass is 9.71. The zero-order valence-electron chi connectivity index (χ0n) is 7.87. The highest BCUT2D eigenvalue weighted by atomic mass is 16.8. The molecule has 2 rings (SSSR count). The zero-order chi connectivity index (χ0) is 9.69. The van der Waals surface area contributed by atoms with Gasteiger partial charge in [0.05, 0.1) is 18.1 Å². The second kappa shape index (κ2) is 2.45. The number of rotatable bonds is 1. The topological polar surface area (TPSA) is 55.8 Å². The van der Waals surface area contributed by atoms with Crippen LogP contribution in [0.3, 0.4) is 0 Å². The van der Waals surface area contributed by atoms with E-state index in [0.717, 1.165) is 0 Å².